The maximum atomic E-state index is 6.28. The quantitative estimate of drug-likeness (QED) is 0.782. The first-order valence-corrected chi connectivity index (χ1v) is 6.75. The maximum Gasteiger partial charge on any atom is 0.128 e. The minimum absolute atomic E-state index is 0.0803. The van der Waals surface area contributed by atoms with Gasteiger partial charge in [0.1, 0.15) is 11.3 Å². The molecule has 4 nitrogen and oxygen atoms in total. The summed E-state index contributed by atoms with van der Waals surface area (Å²) >= 11 is 6.28. The zero-order valence-corrected chi connectivity index (χ0v) is 11.4. The monoisotopic (exact) mass is 264 g/mol. The third-order valence-electron chi connectivity index (χ3n) is 3.61. The van der Waals surface area contributed by atoms with Gasteiger partial charge in [-0.3, -0.25) is 4.98 Å². The van der Waals surface area contributed by atoms with Gasteiger partial charge in [-0.05, 0) is 33.0 Å². The van der Waals surface area contributed by atoms with Gasteiger partial charge in [0.15, 0.2) is 0 Å². The fraction of sp³-hybridized carbons (Fsp3) is 0.538. The van der Waals surface area contributed by atoms with E-state index in [4.69, 9.17) is 11.6 Å². The van der Waals surface area contributed by atoms with Gasteiger partial charge in [-0.25, -0.2) is 4.98 Å². The Kier molecular flexibility index (Phi) is 2.99. The molecule has 5 heteroatoms. The highest BCUT2D eigenvalue weighted by Crippen LogP contribution is 2.31. The summed E-state index contributed by atoms with van der Waals surface area (Å²) in [5.41, 5.74) is 2.09. The average molecular weight is 265 g/mol. The molecule has 1 saturated heterocycles. The number of alkyl halides is 1. The molecule has 0 amide bonds. The summed E-state index contributed by atoms with van der Waals surface area (Å²) in [7, 11) is 2.16. The number of aromatic nitrogens is 3. The molecule has 0 spiro atoms. The number of imidazole rings is 1. The molecule has 1 aliphatic heterocycles. The molecule has 2 atom stereocenters. The highest BCUT2D eigenvalue weighted by Gasteiger charge is 2.26. The normalized spacial score (nSPS) is 22.7. The molecule has 0 saturated carbocycles. The number of fused-ring (bicyclic) bond motifs is 1. The second kappa shape index (κ2) is 4.52. The number of hydrogen-bond acceptors (Lipinski definition) is 3. The Labute approximate surface area is 112 Å². The fourth-order valence-electron chi connectivity index (χ4n) is 2.76. The second-order valence-electron chi connectivity index (χ2n) is 5.03. The van der Waals surface area contributed by atoms with E-state index in [1.54, 1.807) is 0 Å². The van der Waals surface area contributed by atoms with E-state index >= 15 is 0 Å². The Morgan fingerprint density at radius 2 is 2.33 bits per heavy atom. The van der Waals surface area contributed by atoms with Gasteiger partial charge in [-0.1, -0.05) is 0 Å². The minimum atomic E-state index is -0.0803. The van der Waals surface area contributed by atoms with Crippen LogP contribution in [-0.4, -0.2) is 39.6 Å². The van der Waals surface area contributed by atoms with Crippen LogP contribution in [0.1, 0.15) is 30.6 Å². The first-order chi connectivity index (χ1) is 8.66. The van der Waals surface area contributed by atoms with E-state index in [9.17, 15) is 0 Å². The molecule has 0 aliphatic carbocycles. The SMILES string of the molecule is CC(Cl)c1nc2cnccc2n1C1CCN(C)C1. The number of likely N-dealkylation sites (N-methyl/N-ethyl adjacent to an activating group) is 1. The van der Waals surface area contributed by atoms with E-state index in [-0.39, 0.29) is 5.38 Å². The van der Waals surface area contributed by atoms with Crippen LogP contribution in [0.4, 0.5) is 0 Å². The molecular weight excluding hydrogens is 248 g/mol. The van der Waals surface area contributed by atoms with Crippen molar-refractivity contribution in [1.29, 1.82) is 0 Å². The summed E-state index contributed by atoms with van der Waals surface area (Å²) in [6.45, 7) is 4.17. The molecule has 0 aromatic carbocycles. The topological polar surface area (TPSA) is 34.0 Å². The highest BCUT2D eigenvalue weighted by atomic mass is 35.5. The smallest absolute Gasteiger partial charge is 0.128 e. The van der Waals surface area contributed by atoms with Crippen LogP contribution in [0.25, 0.3) is 11.0 Å². The van der Waals surface area contributed by atoms with Crippen molar-refractivity contribution in [3.63, 3.8) is 0 Å². The highest BCUT2D eigenvalue weighted by molar-refractivity contribution is 6.20. The van der Waals surface area contributed by atoms with Crippen molar-refractivity contribution in [2.24, 2.45) is 0 Å². The Bertz CT molecular complexity index is 563. The second-order valence-corrected chi connectivity index (χ2v) is 5.68. The van der Waals surface area contributed by atoms with Crippen molar-refractivity contribution in [1.82, 2.24) is 19.4 Å². The van der Waals surface area contributed by atoms with E-state index < -0.39 is 0 Å². The van der Waals surface area contributed by atoms with Gasteiger partial charge in [0.25, 0.3) is 0 Å². The van der Waals surface area contributed by atoms with Gasteiger partial charge in [0.05, 0.1) is 17.1 Å². The number of halogens is 1. The predicted molar refractivity (Wildman–Crippen MR) is 72.9 cm³/mol. The molecular formula is C13H17ClN4. The van der Waals surface area contributed by atoms with E-state index in [0.717, 1.165) is 36.4 Å². The summed E-state index contributed by atoms with van der Waals surface area (Å²) in [5, 5.41) is -0.0803. The predicted octanol–water partition coefficient (Wildman–Crippen LogP) is 2.61. The zero-order chi connectivity index (χ0) is 12.7. The van der Waals surface area contributed by atoms with Gasteiger partial charge in [0.2, 0.25) is 0 Å². The van der Waals surface area contributed by atoms with Gasteiger partial charge in [-0.15, -0.1) is 11.6 Å². The standard InChI is InChI=1S/C13H17ClN4/c1-9(14)13-16-11-7-15-5-3-12(11)18(13)10-4-6-17(2)8-10/h3,5,7,9-10H,4,6,8H2,1-2H3. The van der Waals surface area contributed by atoms with Gasteiger partial charge < -0.3 is 9.47 Å². The first kappa shape index (κ1) is 11.9. The lowest BCUT2D eigenvalue weighted by Crippen LogP contribution is -2.18. The Balaban J connectivity index is 2.15. The largest absolute Gasteiger partial charge is 0.322 e. The van der Waals surface area contributed by atoms with Gasteiger partial charge >= 0.3 is 0 Å². The number of pyridine rings is 1. The van der Waals surface area contributed by atoms with Crippen LogP contribution in [0.5, 0.6) is 0 Å². The summed E-state index contributed by atoms with van der Waals surface area (Å²) in [5.74, 6) is 0.958. The molecule has 2 aromatic rings. The lowest BCUT2D eigenvalue weighted by Gasteiger charge is -2.17. The number of hydrogen-bond donors (Lipinski definition) is 0. The molecule has 2 unspecified atom stereocenters. The van der Waals surface area contributed by atoms with Crippen LogP contribution in [0, 0.1) is 0 Å². The van der Waals surface area contributed by atoms with Gasteiger partial charge in [0, 0.05) is 18.8 Å². The maximum absolute atomic E-state index is 6.28. The van der Waals surface area contributed by atoms with Crippen LogP contribution >= 0.6 is 11.6 Å². The molecule has 2 aromatic heterocycles. The summed E-state index contributed by atoms with van der Waals surface area (Å²) in [6.07, 6.45) is 4.79. The third kappa shape index (κ3) is 1.89. The molecule has 18 heavy (non-hydrogen) atoms. The Morgan fingerprint density at radius 1 is 1.50 bits per heavy atom. The van der Waals surface area contributed by atoms with Crippen molar-refractivity contribution in [2.45, 2.75) is 24.8 Å². The van der Waals surface area contributed by atoms with Crippen LogP contribution in [0.2, 0.25) is 0 Å². The molecule has 1 aliphatic rings. The minimum Gasteiger partial charge on any atom is -0.322 e. The Morgan fingerprint density at radius 3 is 3.00 bits per heavy atom. The first-order valence-electron chi connectivity index (χ1n) is 6.31. The van der Waals surface area contributed by atoms with Crippen LogP contribution in [-0.2, 0) is 0 Å². The lowest BCUT2D eigenvalue weighted by atomic mass is 10.2. The zero-order valence-electron chi connectivity index (χ0n) is 10.7. The number of nitrogens with zero attached hydrogens (tertiary/aromatic N) is 4. The van der Waals surface area contributed by atoms with E-state index in [2.05, 4.69) is 26.5 Å². The van der Waals surface area contributed by atoms with Crippen LogP contribution in [0.15, 0.2) is 18.5 Å². The van der Waals surface area contributed by atoms with Crippen molar-refractivity contribution in [3.8, 4) is 0 Å². The van der Waals surface area contributed by atoms with Crippen LogP contribution in [0.3, 0.4) is 0 Å². The molecule has 3 rings (SSSR count). The van der Waals surface area contributed by atoms with E-state index in [0.29, 0.717) is 6.04 Å². The summed E-state index contributed by atoms with van der Waals surface area (Å²) in [4.78, 5) is 11.1. The van der Waals surface area contributed by atoms with E-state index in [1.165, 1.54) is 0 Å². The summed E-state index contributed by atoms with van der Waals surface area (Å²) < 4.78 is 2.30. The van der Waals surface area contributed by atoms with Crippen LogP contribution < -0.4 is 0 Å². The fourth-order valence-corrected chi connectivity index (χ4v) is 2.91. The molecule has 0 bridgehead atoms. The van der Waals surface area contributed by atoms with Crippen molar-refractivity contribution >= 4 is 22.6 Å². The molecule has 3 heterocycles. The molecule has 0 N–H and O–H groups in total. The average Bonchev–Trinajstić information content (AvgIpc) is 2.92. The number of likely N-dealkylation sites (tertiary alicyclic amines) is 1. The van der Waals surface area contributed by atoms with Gasteiger partial charge in [-0.2, -0.15) is 0 Å². The molecule has 0 radical (unpaired) electrons. The van der Waals surface area contributed by atoms with Crippen molar-refractivity contribution in [3.05, 3.63) is 24.3 Å². The Hall–Kier alpha value is -1.13. The lowest BCUT2D eigenvalue weighted by molar-refractivity contribution is 0.392. The summed E-state index contributed by atoms with van der Waals surface area (Å²) in [6, 6.07) is 2.50. The van der Waals surface area contributed by atoms with Crippen molar-refractivity contribution in [2.75, 3.05) is 20.1 Å². The third-order valence-corrected chi connectivity index (χ3v) is 3.80. The van der Waals surface area contributed by atoms with Crippen molar-refractivity contribution < 1.29 is 0 Å². The molecule has 1 fully saturated rings. The number of rotatable bonds is 2. The molecule has 96 valence electrons. The van der Waals surface area contributed by atoms with E-state index in [1.807, 2.05) is 25.4 Å².